The van der Waals surface area contributed by atoms with Gasteiger partial charge in [0.05, 0.1) is 6.26 Å². The molecule has 136 valence electrons. The highest BCUT2D eigenvalue weighted by Crippen LogP contribution is 2.44. The highest BCUT2D eigenvalue weighted by Gasteiger charge is 2.41. The third-order valence-electron chi connectivity index (χ3n) is 5.80. The molecule has 0 amide bonds. The van der Waals surface area contributed by atoms with E-state index >= 15 is 0 Å². The molecule has 0 spiro atoms. The molecular weight excluding hydrogens is 334 g/mol. The summed E-state index contributed by atoms with van der Waals surface area (Å²) in [6.45, 7) is 6.17. The Bertz CT molecular complexity index is 903. The standard InChI is InChI=1S/C19H27N3O2S/c1-4-8-22-11-13(21-25(3,23)24)9-16-14-6-5-7-17-19(14)15(10-18(16)22)12(2)20-17/h5-7,13,16,18,20-21H,4,8-11H2,1-3H3/t13-,16+,18+/m0/s1. The van der Waals surface area contributed by atoms with Gasteiger partial charge >= 0.3 is 0 Å². The first-order valence-electron chi connectivity index (χ1n) is 9.18. The molecule has 1 aromatic heterocycles. The van der Waals surface area contributed by atoms with Crippen molar-refractivity contribution in [1.29, 1.82) is 0 Å². The van der Waals surface area contributed by atoms with Gasteiger partial charge in [-0.2, -0.15) is 0 Å². The fraction of sp³-hybridized carbons (Fsp3) is 0.579. The molecule has 1 fully saturated rings. The summed E-state index contributed by atoms with van der Waals surface area (Å²) in [7, 11) is -3.19. The molecule has 4 rings (SSSR count). The molecule has 3 atom stereocenters. The molecule has 6 heteroatoms. The molecule has 1 aromatic carbocycles. The first kappa shape index (κ1) is 17.1. The molecule has 1 saturated heterocycles. The molecule has 2 N–H and O–H groups in total. The number of sulfonamides is 1. The molecule has 2 aromatic rings. The zero-order valence-corrected chi connectivity index (χ0v) is 16.0. The second kappa shape index (κ2) is 6.11. The van der Waals surface area contributed by atoms with Crippen LogP contribution in [0, 0.1) is 6.92 Å². The molecule has 2 heterocycles. The van der Waals surface area contributed by atoms with Gasteiger partial charge in [-0.25, -0.2) is 13.1 Å². The molecule has 0 bridgehead atoms. The second-order valence-corrected chi connectivity index (χ2v) is 9.47. The molecule has 5 nitrogen and oxygen atoms in total. The number of hydrogen-bond acceptors (Lipinski definition) is 3. The fourth-order valence-corrected chi connectivity index (χ4v) is 5.77. The average molecular weight is 362 g/mol. The van der Waals surface area contributed by atoms with E-state index in [1.54, 1.807) is 0 Å². The van der Waals surface area contributed by atoms with Crippen LogP contribution >= 0.6 is 0 Å². The molecular formula is C19H27N3O2S. The van der Waals surface area contributed by atoms with Crippen LogP contribution in [0.4, 0.5) is 0 Å². The third-order valence-corrected chi connectivity index (χ3v) is 6.57. The molecule has 1 aliphatic heterocycles. The van der Waals surface area contributed by atoms with Crippen molar-refractivity contribution >= 4 is 20.9 Å². The first-order valence-corrected chi connectivity index (χ1v) is 11.1. The van der Waals surface area contributed by atoms with Gasteiger partial charge in [0.1, 0.15) is 0 Å². The van der Waals surface area contributed by atoms with Crippen LogP contribution in [0.25, 0.3) is 10.9 Å². The predicted octanol–water partition coefficient (Wildman–Crippen LogP) is 2.52. The Morgan fingerprint density at radius 1 is 1.36 bits per heavy atom. The van der Waals surface area contributed by atoms with Crippen molar-refractivity contribution in [3.8, 4) is 0 Å². The monoisotopic (exact) mass is 361 g/mol. The van der Waals surface area contributed by atoms with Gasteiger partial charge in [-0.15, -0.1) is 0 Å². The van der Waals surface area contributed by atoms with Crippen LogP contribution in [-0.2, 0) is 16.4 Å². The molecule has 25 heavy (non-hydrogen) atoms. The topological polar surface area (TPSA) is 65.2 Å². The summed E-state index contributed by atoms with van der Waals surface area (Å²) in [5, 5.41) is 1.37. The van der Waals surface area contributed by atoms with E-state index in [2.05, 4.69) is 46.7 Å². The number of aryl methyl sites for hydroxylation is 1. The third kappa shape index (κ3) is 3.00. The summed E-state index contributed by atoms with van der Waals surface area (Å²) in [5.74, 6) is 0.381. The van der Waals surface area contributed by atoms with Crippen molar-refractivity contribution in [3.63, 3.8) is 0 Å². The van der Waals surface area contributed by atoms with Crippen molar-refractivity contribution in [2.75, 3.05) is 19.3 Å². The number of aromatic amines is 1. The maximum absolute atomic E-state index is 11.8. The number of hydrogen-bond donors (Lipinski definition) is 2. The highest BCUT2D eigenvalue weighted by atomic mass is 32.2. The lowest BCUT2D eigenvalue weighted by Crippen LogP contribution is -2.56. The first-order chi connectivity index (χ1) is 11.9. The number of likely N-dealkylation sites (tertiary alicyclic amines) is 1. The SMILES string of the molecule is CCCN1C[C@@H](NS(C)(=O)=O)C[C@@H]2c3cccc4[nH]c(C)c(c34)C[C@H]21. The Hall–Kier alpha value is -1.37. The van der Waals surface area contributed by atoms with Crippen LogP contribution in [-0.4, -0.2) is 49.7 Å². The van der Waals surface area contributed by atoms with Crippen LogP contribution in [0.2, 0.25) is 0 Å². The van der Waals surface area contributed by atoms with E-state index in [0.717, 1.165) is 32.4 Å². The minimum atomic E-state index is -3.19. The minimum Gasteiger partial charge on any atom is -0.358 e. The highest BCUT2D eigenvalue weighted by molar-refractivity contribution is 7.88. The van der Waals surface area contributed by atoms with E-state index in [1.807, 2.05) is 0 Å². The van der Waals surface area contributed by atoms with Gasteiger partial charge in [0, 0.05) is 41.1 Å². The maximum atomic E-state index is 11.8. The lowest BCUT2D eigenvalue weighted by atomic mass is 9.73. The number of piperidine rings is 1. The molecule has 0 saturated carbocycles. The van der Waals surface area contributed by atoms with Crippen LogP contribution in [0.3, 0.4) is 0 Å². The van der Waals surface area contributed by atoms with Crippen molar-refractivity contribution in [3.05, 3.63) is 35.0 Å². The normalized spacial score (nSPS) is 26.8. The van der Waals surface area contributed by atoms with E-state index in [4.69, 9.17) is 0 Å². The Morgan fingerprint density at radius 2 is 2.16 bits per heavy atom. The summed E-state index contributed by atoms with van der Waals surface area (Å²) in [6.07, 6.45) is 4.27. The predicted molar refractivity (Wildman–Crippen MR) is 102 cm³/mol. The van der Waals surface area contributed by atoms with Crippen LogP contribution in [0.1, 0.15) is 42.5 Å². The number of nitrogens with one attached hydrogen (secondary N) is 2. The van der Waals surface area contributed by atoms with Crippen molar-refractivity contribution < 1.29 is 8.42 Å². The average Bonchev–Trinajstić information content (AvgIpc) is 2.84. The van der Waals surface area contributed by atoms with Gasteiger partial charge in [0.25, 0.3) is 0 Å². The largest absolute Gasteiger partial charge is 0.358 e. The Balaban J connectivity index is 1.77. The van der Waals surface area contributed by atoms with E-state index in [1.165, 1.54) is 34.0 Å². The number of nitrogens with zero attached hydrogens (tertiary/aromatic N) is 1. The number of H-pyrrole nitrogens is 1. The number of fused-ring (bicyclic) bond motifs is 2. The zero-order chi connectivity index (χ0) is 17.8. The van der Waals surface area contributed by atoms with Gasteiger partial charge in [-0.05, 0) is 49.9 Å². The van der Waals surface area contributed by atoms with Crippen LogP contribution < -0.4 is 4.72 Å². The fourth-order valence-electron chi connectivity index (χ4n) is 5.00. The van der Waals surface area contributed by atoms with E-state index in [9.17, 15) is 8.42 Å². The second-order valence-electron chi connectivity index (χ2n) is 7.69. The van der Waals surface area contributed by atoms with E-state index in [0.29, 0.717) is 12.0 Å². The van der Waals surface area contributed by atoms with Gasteiger partial charge in [-0.3, -0.25) is 4.90 Å². The number of benzene rings is 1. The Labute approximate surface area is 149 Å². The summed E-state index contributed by atoms with van der Waals surface area (Å²) < 4.78 is 26.4. The quantitative estimate of drug-likeness (QED) is 0.879. The summed E-state index contributed by atoms with van der Waals surface area (Å²) >= 11 is 0. The van der Waals surface area contributed by atoms with Crippen LogP contribution in [0.15, 0.2) is 18.2 Å². The number of rotatable bonds is 4. The smallest absolute Gasteiger partial charge is 0.208 e. The summed E-state index contributed by atoms with van der Waals surface area (Å²) in [5.41, 5.74) is 5.31. The zero-order valence-electron chi connectivity index (χ0n) is 15.2. The van der Waals surface area contributed by atoms with E-state index in [-0.39, 0.29) is 6.04 Å². The van der Waals surface area contributed by atoms with Gasteiger partial charge in [0.15, 0.2) is 0 Å². The minimum absolute atomic E-state index is 0.0142. The maximum Gasteiger partial charge on any atom is 0.208 e. The van der Waals surface area contributed by atoms with E-state index < -0.39 is 10.0 Å². The van der Waals surface area contributed by atoms with Gasteiger partial charge in [0.2, 0.25) is 10.0 Å². The lowest BCUT2D eigenvalue weighted by molar-refractivity contribution is 0.106. The summed E-state index contributed by atoms with van der Waals surface area (Å²) in [6, 6.07) is 6.96. The van der Waals surface area contributed by atoms with Gasteiger partial charge < -0.3 is 4.98 Å². The molecule has 1 aliphatic carbocycles. The van der Waals surface area contributed by atoms with Crippen molar-refractivity contribution in [1.82, 2.24) is 14.6 Å². The Kier molecular flexibility index (Phi) is 4.17. The van der Waals surface area contributed by atoms with Crippen molar-refractivity contribution in [2.45, 2.75) is 51.1 Å². The van der Waals surface area contributed by atoms with Crippen LogP contribution in [0.5, 0.6) is 0 Å². The Morgan fingerprint density at radius 3 is 2.88 bits per heavy atom. The molecule has 2 aliphatic rings. The summed E-state index contributed by atoms with van der Waals surface area (Å²) in [4.78, 5) is 6.04. The van der Waals surface area contributed by atoms with Crippen molar-refractivity contribution in [2.24, 2.45) is 0 Å². The number of aromatic nitrogens is 1. The molecule has 0 unspecified atom stereocenters. The lowest BCUT2D eigenvalue weighted by Gasteiger charge is -2.47. The molecule has 0 radical (unpaired) electrons. The van der Waals surface area contributed by atoms with Gasteiger partial charge in [-0.1, -0.05) is 19.1 Å².